The molecule has 1 heterocycles. The molecule has 0 aromatic heterocycles. The van der Waals surface area contributed by atoms with Gasteiger partial charge < -0.3 is 14.8 Å². The van der Waals surface area contributed by atoms with Gasteiger partial charge in [-0.2, -0.15) is 0 Å². The highest BCUT2D eigenvalue weighted by Crippen LogP contribution is 2.23. The molecule has 1 aliphatic heterocycles. The number of benzene rings is 1. The van der Waals surface area contributed by atoms with Crippen LogP contribution < -0.4 is 10.1 Å². The Morgan fingerprint density at radius 3 is 3.11 bits per heavy atom. The molecule has 104 valence electrons. The van der Waals surface area contributed by atoms with E-state index in [2.05, 4.69) is 21.2 Å². The molecule has 1 fully saturated rings. The van der Waals surface area contributed by atoms with Crippen molar-refractivity contribution in [1.82, 2.24) is 5.32 Å². The van der Waals surface area contributed by atoms with Crippen LogP contribution in [0.5, 0.6) is 5.75 Å². The monoisotopic (exact) mass is 327 g/mol. The molecule has 0 bridgehead atoms. The van der Waals surface area contributed by atoms with Crippen molar-refractivity contribution in [2.45, 2.75) is 25.9 Å². The molecule has 0 aliphatic carbocycles. The first-order valence-corrected chi connectivity index (χ1v) is 7.32. The second-order valence-electron chi connectivity index (χ2n) is 4.42. The van der Waals surface area contributed by atoms with E-state index in [1.54, 1.807) is 12.1 Å². The molecule has 1 aromatic carbocycles. The van der Waals surface area contributed by atoms with Gasteiger partial charge in [0.15, 0.2) is 0 Å². The third-order valence-corrected chi connectivity index (χ3v) is 3.49. The number of halogens is 1. The largest absolute Gasteiger partial charge is 0.493 e. The summed E-state index contributed by atoms with van der Waals surface area (Å²) in [5, 5.41) is 2.90. The van der Waals surface area contributed by atoms with E-state index in [1.807, 2.05) is 13.0 Å². The Morgan fingerprint density at radius 2 is 2.42 bits per heavy atom. The van der Waals surface area contributed by atoms with Crippen molar-refractivity contribution in [3.8, 4) is 5.75 Å². The van der Waals surface area contributed by atoms with Gasteiger partial charge in [-0.3, -0.25) is 4.79 Å². The number of nitrogens with one attached hydrogen (secondary N) is 1. The smallest absolute Gasteiger partial charge is 0.255 e. The van der Waals surface area contributed by atoms with Gasteiger partial charge in [0.25, 0.3) is 5.91 Å². The van der Waals surface area contributed by atoms with Crippen LogP contribution in [-0.4, -0.2) is 31.8 Å². The summed E-state index contributed by atoms with van der Waals surface area (Å²) >= 11 is 3.37. The van der Waals surface area contributed by atoms with Gasteiger partial charge in [-0.25, -0.2) is 0 Å². The molecule has 1 aromatic rings. The van der Waals surface area contributed by atoms with Crippen LogP contribution in [0.3, 0.4) is 0 Å². The van der Waals surface area contributed by atoms with Crippen LogP contribution in [0.2, 0.25) is 0 Å². The molecular formula is C14H18BrNO3. The van der Waals surface area contributed by atoms with Crippen molar-refractivity contribution < 1.29 is 14.3 Å². The lowest BCUT2D eigenvalue weighted by atomic mass is 10.1. The minimum absolute atomic E-state index is 0.125. The Hall–Kier alpha value is -1.07. The van der Waals surface area contributed by atoms with Crippen LogP contribution in [0.15, 0.2) is 22.7 Å². The fraction of sp³-hybridized carbons (Fsp3) is 0.500. The lowest BCUT2D eigenvalue weighted by Gasteiger charge is -2.13. The first-order valence-electron chi connectivity index (χ1n) is 6.53. The summed E-state index contributed by atoms with van der Waals surface area (Å²) in [5.74, 6) is 0.482. The van der Waals surface area contributed by atoms with Crippen molar-refractivity contribution in [3.63, 3.8) is 0 Å². The molecule has 1 saturated heterocycles. The van der Waals surface area contributed by atoms with Crippen molar-refractivity contribution in [2.24, 2.45) is 0 Å². The Morgan fingerprint density at radius 1 is 1.58 bits per heavy atom. The van der Waals surface area contributed by atoms with Gasteiger partial charge in [0.05, 0.1) is 18.3 Å². The Balaban J connectivity index is 2.02. The van der Waals surface area contributed by atoms with Crippen LogP contribution in [0, 0.1) is 0 Å². The highest BCUT2D eigenvalue weighted by Gasteiger charge is 2.18. The highest BCUT2D eigenvalue weighted by atomic mass is 79.9. The quantitative estimate of drug-likeness (QED) is 0.904. The zero-order valence-electron chi connectivity index (χ0n) is 10.9. The molecule has 5 heteroatoms. The molecule has 0 radical (unpaired) electrons. The van der Waals surface area contributed by atoms with E-state index in [4.69, 9.17) is 9.47 Å². The summed E-state index contributed by atoms with van der Waals surface area (Å²) in [6, 6.07) is 5.44. The number of hydrogen-bond acceptors (Lipinski definition) is 3. The number of ether oxygens (including phenoxy) is 2. The fourth-order valence-corrected chi connectivity index (χ4v) is 2.43. The third-order valence-electron chi connectivity index (χ3n) is 3.00. The molecule has 1 N–H and O–H groups in total. The van der Waals surface area contributed by atoms with Crippen LogP contribution in [0.4, 0.5) is 0 Å². The molecule has 1 amide bonds. The van der Waals surface area contributed by atoms with Crippen LogP contribution in [-0.2, 0) is 4.74 Å². The average molecular weight is 328 g/mol. The van der Waals surface area contributed by atoms with Gasteiger partial charge in [0.2, 0.25) is 0 Å². The summed E-state index contributed by atoms with van der Waals surface area (Å²) < 4.78 is 11.8. The van der Waals surface area contributed by atoms with Gasteiger partial charge in [0.1, 0.15) is 5.75 Å². The Bertz CT molecular complexity index is 444. The first kappa shape index (κ1) is 14.3. The molecule has 1 aliphatic rings. The van der Waals surface area contributed by atoms with E-state index < -0.39 is 0 Å². The second-order valence-corrected chi connectivity index (χ2v) is 5.33. The molecule has 2 rings (SSSR count). The maximum Gasteiger partial charge on any atom is 0.255 e. The predicted octanol–water partition coefficient (Wildman–Crippen LogP) is 2.76. The highest BCUT2D eigenvalue weighted by molar-refractivity contribution is 9.10. The van der Waals surface area contributed by atoms with Crippen LogP contribution in [0.25, 0.3) is 0 Å². The van der Waals surface area contributed by atoms with E-state index in [1.165, 1.54) is 0 Å². The summed E-state index contributed by atoms with van der Waals surface area (Å²) in [6.45, 7) is 3.78. The van der Waals surface area contributed by atoms with E-state index in [0.717, 1.165) is 23.9 Å². The molecule has 19 heavy (non-hydrogen) atoms. The van der Waals surface area contributed by atoms with Gasteiger partial charge in [-0.15, -0.1) is 0 Å². The summed E-state index contributed by atoms with van der Waals surface area (Å²) in [5.41, 5.74) is 0.550. The maximum absolute atomic E-state index is 12.2. The number of carbonyl (C=O) groups excluding carboxylic acids is 1. The SMILES string of the molecule is CCOc1ccc(Br)cc1C(=O)NC[C@@H]1CCCO1. The predicted molar refractivity (Wildman–Crippen MR) is 76.6 cm³/mol. The van der Waals surface area contributed by atoms with E-state index >= 15 is 0 Å². The van der Waals surface area contributed by atoms with E-state index in [-0.39, 0.29) is 12.0 Å². The molecular weight excluding hydrogens is 310 g/mol. The molecule has 0 saturated carbocycles. The Labute approximate surface area is 121 Å². The number of amides is 1. The van der Waals surface area contributed by atoms with Crippen molar-refractivity contribution in [3.05, 3.63) is 28.2 Å². The lowest BCUT2D eigenvalue weighted by molar-refractivity contribution is 0.0854. The van der Waals surface area contributed by atoms with Crippen LogP contribution in [0.1, 0.15) is 30.1 Å². The van der Waals surface area contributed by atoms with Crippen molar-refractivity contribution in [1.29, 1.82) is 0 Å². The molecule has 0 spiro atoms. The first-order chi connectivity index (χ1) is 9.20. The van der Waals surface area contributed by atoms with E-state index in [0.29, 0.717) is 24.5 Å². The standard InChI is InChI=1S/C14H18BrNO3/c1-2-18-13-6-5-10(15)8-12(13)14(17)16-9-11-4-3-7-19-11/h5-6,8,11H,2-4,7,9H2,1H3,(H,16,17)/t11-/m0/s1. The number of rotatable bonds is 5. The summed E-state index contributed by atoms with van der Waals surface area (Å²) in [6.07, 6.45) is 2.23. The topological polar surface area (TPSA) is 47.6 Å². The zero-order chi connectivity index (χ0) is 13.7. The lowest BCUT2D eigenvalue weighted by Crippen LogP contribution is -2.32. The van der Waals surface area contributed by atoms with Crippen molar-refractivity contribution >= 4 is 21.8 Å². The molecule has 1 atom stereocenters. The molecule has 0 unspecified atom stereocenters. The van der Waals surface area contributed by atoms with Crippen molar-refractivity contribution in [2.75, 3.05) is 19.8 Å². The fourth-order valence-electron chi connectivity index (χ4n) is 2.07. The van der Waals surface area contributed by atoms with Crippen LogP contribution >= 0.6 is 15.9 Å². The average Bonchev–Trinajstić information content (AvgIpc) is 2.91. The minimum atomic E-state index is -0.125. The minimum Gasteiger partial charge on any atom is -0.493 e. The normalized spacial score (nSPS) is 18.3. The zero-order valence-corrected chi connectivity index (χ0v) is 12.5. The summed E-state index contributed by atoms with van der Waals surface area (Å²) in [7, 11) is 0. The maximum atomic E-state index is 12.2. The number of carbonyl (C=O) groups is 1. The van der Waals surface area contributed by atoms with Gasteiger partial charge >= 0.3 is 0 Å². The Kier molecular flexibility index (Phi) is 5.22. The van der Waals surface area contributed by atoms with Gasteiger partial charge in [-0.05, 0) is 38.0 Å². The van der Waals surface area contributed by atoms with E-state index in [9.17, 15) is 4.79 Å². The third kappa shape index (κ3) is 3.94. The second kappa shape index (κ2) is 6.91. The van der Waals surface area contributed by atoms with Gasteiger partial charge in [0, 0.05) is 17.6 Å². The summed E-state index contributed by atoms with van der Waals surface area (Å²) in [4.78, 5) is 12.2. The molecule has 4 nitrogen and oxygen atoms in total. The van der Waals surface area contributed by atoms with Gasteiger partial charge in [-0.1, -0.05) is 15.9 Å². The number of hydrogen-bond donors (Lipinski definition) is 1.